The SMILES string of the molecule is Cc1ncsc1C(=O)Nc1nn(Cc2ccc(C(F)(F)F)cc2)c2ccccc12.Cc1occc1C(=O)Nc1nn(Cc2ccc(C(F)(F)F)cc2)c2cc(C(F)(F)F)ccc12.Nc1nn(Cc2ccc(C(F)(F)F)cc2)c2c(C(F)(F)F)cc(Br)cc12.O=C(Nc1nn(Cc2ccc(C(F)(F)F)cc2)c2ccccc12)c1cccs1.O=[N+]([O-])c1nn(Cc2ccc(C(F)(F)F)cc2)c2ccc(Br)cc12. The summed E-state index contributed by atoms with van der Waals surface area (Å²) < 4.78 is 283. The predicted molar refractivity (Wildman–Crippen MR) is 486 cm³/mol. The van der Waals surface area contributed by atoms with Crippen molar-refractivity contribution in [3.8, 4) is 0 Å². The summed E-state index contributed by atoms with van der Waals surface area (Å²) in [6.45, 7) is 3.75. The number of thiophene rings is 1. The number of amides is 3. The molecule has 0 aliphatic heterocycles. The number of nitrogens with two attached hydrogens (primary N) is 1. The number of nitrogen functional groups attached to an aromatic ring is 1. The lowest BCUT2D eigenvalue weighted by atomic mass is 10.1. The number of hydrogen-bond donors (Lipinski definition) is 4. The molecule has 0 unspecified atom stereocenters. The largest absolute Gasteiger partial charge is 0.469 e. The van der Waals surface area contributed by atoms with Gasteiger partial charge in [-0.25, -0.2) is 4.98 Å². The molecule has 0 spiro atoms. The number of aromatic nitrogens is 11. The molecule has 10 aromatic carbocycles. The van der Waals surface area contributed by atoms with E-state index in [1.165, 1.54) is 117 Å². The molecule has 0 aliphatic rings. The van der Waals surface area contributed by atoms with Crippen molar-refractivity contribution in [2.45, 2.75) is 89.8 Å². The molecule has 18 rings (SSSR count). The van der Waals surface area contributed by atoms with Crippen LogP contribution in [0.15, 0.2) is 267 Å². The van der Waals surface area contributed by atoms with E-state index < -0.39 is 93.0 Å². The van der Waals surface area contributed by atoms with Gasteiger partial charge in [-0.3, -0.25) is 33.1 Å². The molecular weight excluding hydrogens is 2060 g/mol. The summed E-state index contributed by atoms with van der Waals surface area (Å²) in [5.74, 6) is -0.336. The lowest BCUT2D eigenvalue weighted by molar-refractivity contribution is -0.388. The predicted octanol–water partition coefficient (Wildman–Crippen LogP) is 27.1. The molecule has 0 bridgehead atoms. The van der Waals surface area contributed by atoms with E-state index in [1.54, 1.807) is 59.1 Å². The minimum atomic E-state index is -4.65. The Bertz CT molecular complexity index is 7550. The van der Waals surface area contributed by atoms with Gasteiger partial charge in [0.2, 0.25) is 0 Å². The van der Waals surface area contributed by atoms with E-state index in [4.69, 9.17) is 10.2 Å². The maximum absolute atomic E-state index is 13.4. The maximum Gasteiger partial charge on any atom is 0.418 e. The summed E-state index contributed by atoms with van der Waals surface area (Å²) in [5, 5.41) is 44.4. The molecular formula is C93H63Br2F21N16O6S2. The summed E-state index contributed by atoms with van der Waals surface area (Å²) >= 11 is 8.84. The number of carbonyl (C=O) groups excluding carboxylic acids is 3. The molecule has 5 N–H and O–H groups in total. The Hall–Kier alpha value is -14.7. The Morgan fingerprint density at radius 1 is 0.393 bits per heavy atom. The normalized spacial score (nSPS) is 12.1. The first-order valence-electron chi connectivity index (χ1n) is 40.4. The number of thiazole rings is 1. The second kappa shape index (κ2) is 40.7. The molecule has 0 saturated carbocycles. The van der Waals surface area contributed by atoms with E-state index in [-0.39, 0.29) is 93.8 Å². The number of nitrogens with one attached hydrogen (secondary N) is 3. The van der Waals surface area contributed by atoms with Gasteiger partial charge < -0.3 is 36.2 Å². The Morgan fingerprint density at radius 3 is 1.17 bits per heavy atom. The molecule has 0 aliphatic carbocycles. The number of halogens is 23. The van der Waals surface area contributed by atoms with Gasteiger partial charge in [0.1, 0.15) is 16.0 Å². The first-order valence-corrected chi connectivity index (χ1v) is 43.8. The van der Waals surface area contributed by atoms with Crippen molar-refractivity contribution in [1.29, 1.82) is 0 Å². The van der Waals surface area contributed by atoms with Crippen LogP contribution in [-0.4, -0.2) is 76.5 Å². The quantitative estimate of drug-likeness (QED) is 0.0376. The van der Waals surface area contributed by atoms with E-state index in [2.05, 4.69) is 78.3 Å². The highest BCUT2D eigenvalue weighted by Gasteiger charge is 2.39. The lowest BCUT2D eigenvalue weighted by Gasteiger charge is -2.12. The van der Waals surface area contributed by atoms with Crippen LogP contribution >= 0.6 is 54.5 Å². The van der Waals surface area contributed by atoms with Crippen molar-refractivity contribution in [3.05, 3.63) is 366 Å². The van der Waals surface area contributed by atoms with Gasteiger partial charge >= 0.3 is 49.1 Å². The van der Waals surface area contributed by atoms with Crippen LogP contribution in [0.1, 0.15) is 108 Å². The zero-order chi connectivity index (χ0) is 101. The third-order valence-corrected chi connectivity index (χ3v) is 23.7. The fourth-order valence-corrected chi connectivity index (χ4v) is 16.3. The van der Waals surface area contributed by atoms with Crippen molar-refractivity contribution in [1.82, 2.24) is 53.9 Å². The monoisotopic (exact) mass is 2120 g/mol. The number of hydrogen-bond acceptors (Lipinski definition) is 15. The van der Waals surface area contributed by atoms with Crippen LogP contribution in [0.25, 0.3) is 54.5 Å². The smallest absolute Gasteiger partial charge is 0.418 e. The summed E-state index contributed by atoms with van der Waals surface area (Å²) in [7, 11) is 0. The van der Waals surface area contributed by atoms with E-state index in [1.807, 2.05) is 53.9 Å². The van der Waals surface area contributed by atoms with Crippen molar-refractivity contribution >= 4 is 156 Å². The Labute approximate surface area is 798 Å². The molecule has 3 amide bonds. The minimum absolute atomic E-state index is 0.0104. The summed E-state index contributed by atoms with van der Waals surface area (Å²) in [6.07, 6.45) is -30.1. The minimum Gasteiger partial charge on any atom is -0.469 e. The van der Waals surface area contributed by atoms with Crippen LogP contribution < -0.4 is 21.7 Å². The molecule has 18 aromatic rings. The van der Waals surface area contributed by atoms with Gasteiger partial charge in [-0.2, -0.15) is 117 Å². The molecule has 140 heavy (non-hydrogen) atoms. The topological polar surface area (TPSA) is 272 Å². The van der Waals surface area contributed by atoms with Crippen molar-refractivity contribution in [3.63, 3.8) is 0 Å². The molecule has 8 heterocycles. The molecule has 724 valence electrons. The second-order valence-electron chi connectivity index (χ2n) is 30.5. The van der Waals surface area contributed by atoms with Crippen LogP contribution in [0, 0.1) is 24.0 Å². The zero-order valence-electron chi connectivity index (χ0n) is 71.2. The molecule has 0 fully saturated rings. The maximum atomic E-state index is 13.4. The summed E-state index contributed by atoms with van der Waals surface area (Å²) in [5.41, 5.74) is 7.09. The average molecular weight is 2120 g/mol. The summed E-state index contributed by atoms with van der Waals surface area (Å²) in [4.78, 5) is 53.2. The van der Waals surface area contributed by atoms with E-state index in [0.29, 0.717) is 76.0 Å². The average Bonchev–Trinajstić information content (AvgIpc) is 1.61. The first kappa shape index (κ1) is 101. The van der Waals surface area contributed by atoms with Crippen molar-refractivity contribution in [2.75, 3.05) is 21.7 Å². The Morgan fingerprint density at radius 2 is 0.779 bits per heavy atom. The van der Waals surface area contributed by atoms with Crippen LogP contribution in [0.4, 0.5) is 121 Å². The number of nitrogens with zero attached hydrogens (tertiary/aromatic N) is 12. The van der Waals surface area contributed by atoms with Gasteiger partial charge in [0.25, 0.3) is 17.7 Å². The van der Waals surface area contributed by atoms with E-state index in [9.17, 15) is 117 Å². The molecule has 0 saturated heterocycles. The second-order valence-corrected chi connectivity index (χ2v) is 34.2. The van der Waals surface area contributed by atoms with Crippen molar-refractivity contribution < 1.29 is 116 Å². The number of aryl methyl sites for hydroxylation is 2. The number of furan rings is 1. The van der Waals surface area contributed by atoms with Crippen molar-refractivity contribution in [2.24, 2.45) is 0 Å². The Balaban J connectivity index is 0.000000140. The highest BCUT2D eigenvalue weighted by molar-refractivity contribution is 9.10. The van der Waals surface area contributed by atoms with Crippen LogP contribution in [0.2, 0.25) is 0 Å². The number of nitro groups is 1. The third-order valence-electron chi connectivity index (χ3n) is 21.0. The molecule has 0 radical (unpaired) electrons. The highest BCUT2D eigenvalue weighted by atomic mass is 79.9. The first-order chi connectivity index (χ1) is 65.9. The fraction of sp³-hybridized carbons (Fsp3) is 0.151. The summed E-state index contributed by atoms with van der Waals surface area (Å²) in [6, 6.07) is 52.8. The molecule has 47 heteroatoms. The third kappa shape index (κ3) is 24.1. The molecule has 0 atom stereocenters. The zero-order valence-corrected chi connectivity index (χ0v) is 76.0. The van der Waals surface area contributed by atoms with Gasteiger partial charge in [-0.15, -0.1) is 22.7 Å². The number of rotatable bonds is 17. The fourth-order valence-electron chi connectivity index (χ4n) is 14.2. The lowest BCUT2D eigenvalue weighted by Crippen LogP contribution is -2.13. The van der Waals surface area contributed by atoms with E-state index in [0.717, 1.165) is 105 Å². The van der Waals surface area contributed by atoms with Crippen LogP contribution in [-0.2, 0) is 76.0 Å². The van der Waals surface area contributed by atoms with E-state index >= 15 is 0 Å². The number of benzene rings is 10. The Kier molecular flexibility index (Phi) is 29.4. The van der Waals surface area contributed by atoms with Crippen LogP contribution in [0.5, 0.6) is 0 Å². The molecule has 22 nitrogen and oxygen atoms in total. The number of anilines is 4. The molecule has 8 aromatic heterocycles. The standard InChI is InChI=1S/C22H15F6N3O2.C20H15F3N4OS.C20H14F3N3OS.C16H10BrF6N3.C15H9BrF3N3O2/c1-12-16(8-9-33-12)20(32)29-19-17-7-6-15(22(26,27)28)10-18(17)31(30-19)11-13-2-4-14(5-3-13)21(23,24)25;1-12-17(29-11-24-12)19(28)25-18-15-4-2-3-5-16(15)27(26-18)10-13-6-8-14(9-7-13)20(21,22)23;21-20(22,23)14-9-7-13(8-10-14)12-26-16-5-2-1-4-15(16)18(25-26)24-19(27)17-6-3-11-28-17;17-10-5-11-13(12(6-10)16(21,22)23)26(25-14(11)24)7-8-1-3-9(4-2-8)15(18,19)20;16-11-5-6-13-12(7-11)14(22(23)24)20-21(13)8-9-1-3-10(4-2-9)15(17,18)19/h2-10H,11H2,1H3,(H,29,30,32);2-9,11H,10H2,1H3,(H,25,26,28);1-11H,12H2,(H,24,25,27);1-6H,7H2,(H2,24,25);1-7H,8H2. The number of alkyl halides is 21. The number of para-hydroxylation sites is 2. The van der Waals surface area contributed by atoms with Gasteiger partial charge in [0.05, 0.1) is 132 Å². The van der Waals surface area contributed by atoms with Gasteiger partial charge in [-0.05, 0) is 198 Å². The van der Waals surface area contributed by atoms with Gasteiger partial charge in [0.15, 0.2) is 23.3 Å². The van der Waals surface area contributed by atoms with Gasteiger partial charge in [0, 0.05) is 30.5 Å². The number of fused-ring (bicyclic) bond motifs is 5. The van der Waals surface area contributed by atoms with Gasteiger partial charge in [-0.1, -0.05) is 123 Å². The number of carbonyl (C=O) groups is 3. The highest BCUT2D eigenvalue weighted by Crippen LogP contribution is 2.43. The van der Waals surface area contributed by atoms with Crippen LogP contribution in [0.3, 0.4) is 0 Å².